The van der Waals surface area contributed by atoms with Gasteiger partial charge in [0.1, 0.15) is 5.82 Å². The monoisotopic (exact) mass is 372 g/mol. The van der Waals surface area contributed by atoms with Crippen molar-refractivity contribution in [3.05, 3.63) is 59.7 Å². The number of hydrogen-bond donors (Lipinski definition) is 0. The van der Waals surface area contributed by atoms with Gasteiger partial charge in [0.15, 0.2) is 5.65 Å². The van der Waals surface area contributed by atoms with E-state index >= 15 is 0 Å². The molecule has 0 unspecified atom stereocenters. The van der Waals surface area contributed by atoms with E-state index in [0.717, 1.165) is 21.8 Å². The molecule has 0 radical (unpaired) electrons. The highest BCUT2D eigenvalue weighted by Gasteiger charge is 2.22. The van der Waals surface area contributed by atoms with Crippen molar-refractivity contribution in [3.8, 4) is 11.8 Å². The molecule has 0 aliphatic carbocycles. The molecular weight excluding hydrogens is 359 g/mol. The molecule has 0 saturated heterocycles. The average molecular weight is 372 g/mol. The minimum atomic E-state index is -3.97. The van der Waals surface area contributed by atoms with E-state index < -0.39 is 21.8 Å². The first kappa shape index (κ1) is 17.6. The minimum absolute atomic E-state index is 0.0149. The number of ether oxygens (including phenoxy) is 1. The Morgan fingerprint density at radius 3 is 2.62 bits per heavy atom. The summed E-state index contributed by atoms with van der Waals surface area (Å²) in [6.07, 6.45) is 2.13. The fourth-order valence-electron chi connectivity index (χ4n) is 2.33. The second-order valence-electron chi connectivity index (χ2n) is 5.42. The Morgan fingerprint density at radius 2 is 1.96 bits per heavy atom. The van der Waals surface area contributed by atoms with E-state index in [1.54, 1.807) is 12.1 Å². The Morgan fingerprint density at radius 1 is 1.27 bits per heavy atom. The maximum Gasteiger partial charge on any atom is 0.384 e. The van der Waals surface area contributed by atoms with Gasteiger partial charge < -0.3 is 4.74 Å². The first-order valence-corrected chi connectivity index (χ1v) is 8.86. The Balaban J connectivity index is 2.24. The lowest BCUT2D eigenvalue weighted by atomic mass is 10.2. The Bertz CT molecular complexity index is 1170. The van der Waals surface area contributed by atoms with Gasteiger partial charge in [0.05, 0.1) is 23.8 Å². The lowest BCUT2D eigenvalue weighted by molar-refractivity contribution is -0.133. The Hall–Kier alpha value is -3.18. The topological polar surface area (TPSA) is 78.3 Å². The van der Waals surface area contributed by atoms with Crippen LogP contribution in [-0.2, 0) is 19.6 Å². The summed E-state index contributed by atoms with van der Waals surface area (Å²) in [5.74, 6) is 3.26. The van der Waals surface area contributed by atoms with Gasteiger partial charge in [-0.25, -0.2) is 26.6 Å². The van der Waals surface area contributed by atoms with Crippen LogP contribution in [0, 0.1) is 24.6 Å². The molecule has 0 fully saturated rings. The maximum absolute atomic E-state index is 13.6. The average Bonchev–Trinajstić information content (AvgIpc) is 2.98. The van der Waals surface area contributed by atoms with Crippen LogP contribution in [-0.4, -0.2) is 30.5 Å². The van der Waals surface area contributed by atoms with Crippen molar-refractivity contribution in [3.63, 3.8) is 0 Å². The molecule has 0 aliphatic rings. The first-order chi connectivity index (χ1) is 12.3. The maximum atomic E-state index is 13.6. The normalized spacial score (nSPS) is 11.0. The number of halogens is 1. The molecule has 0 spiro atoms. The van der Waals surface area contributed by atoms with Crippen LogP contribution in [0.5, 0.6) is 0 Å². The summed E-state index contributed by atoms with van der Waals surface area (Å²) < 4.78 is 44.8. The number of aromatic nitrogens is 2. The molecule has 0 N–H and O–H groups in total. The van der Waals surface area contributed by atoms with Gasteiger partial charge in [0.2, 0.25) is 0 Å². The minimum Gasteiger partial charge on any atom is -0.459 e. The summed E-state index contributed by atoms with van der Waals surface area (Å²) in [4.78, 5) is 15.2. The van der Waals surface area contributed by atoms with Crippen molar-refractivity contribution in [2.24, 2.45) is 0 Å². The fourth-order valence-corrected chi connectivity index (χ4v) is 3.65. The molecule has 2 heterocycles. The largest absolute Gasteiger partial charge is 0.459 e. The standard InChI is InChI=1S/C18H13FN2O4S/c1-12-3-6-15(7-4-12)26(23,24)21-11-13(5-8-17(22)25-2)16-9-14(19)10-20-18(16)21/h3-4,6-7,9-11H,1-2H3. The molecule has 8 heteroatoms. The van der Waals surface area contributed by atoms with E-state index in [9.17, 15) is 17.6 Å². The van der Waals surface area contributed by atoms with Crippen molar-refractivity contribution in [2.75, 3.05) is 7.11 Å². The van der Waals surface area contributed by atoms with Crippen molar-refractivity contribution in [1.82, 2.24) is 8.96 Å². The summed E-state index contributed by atoms with van der Waals surface area (Å²) in [5, 5.41) is 0.178. The molecule has 26 heavy (non-hydrogen) atoms. The van der Waals surface area contributed by atoms with Gasteiger partial charge in [-0.05, 0) is 25.1 Å². The third-order valence-electron chi connectivity index (χ3n) is 3.64. The van der Waals surface area contributed by atoms with Gasteiger partial charge in [-0.15, -0.1) is 0 Å². The smallest absolute Gasteiger partial charge is 0.384 e. The Kier molecular flexibility index (Phi) is 4.49. The SMILES string of the molecule is COC(=O)C#Cc1cn(S(=O)(=O)c2ccc(C)cc2)c2ncc(F)cc12. The second-order valence-corrected chi connectivity index (χ2v) is 7.24. The highest BCUT2D eigenvalue weighted by molar-refractivity contribution is 7.90. The van der Waals surface area contributed by atoms with E-state index in [4.69, 9.17) is 0 Å². The molecule has 132 valence electrons. The van der Waals surface area contributed by atoms with Crippen molar-refractivity contribution in [2.45, 2.75) is 11.8 Å². The summed E-state index contributed by atoms with van der Waals surface area (Å²) in [6.45, 7) is 1.84. The van der Waals surface area contributed by atoms with Gasteiger partial charge >= 0.3 is 5.97 Å². The molecular formula is C18H13FN2O4S. The summed E-state index contributed by atoms with van der Waals surface area (Å²) in [5.41, 5.74) is 1.07. The lowest BCUT2D eigenvalue weighted by Gasteiger charge is -2.07. The zero-order valence-electron chi connectivity index (χ0n) is 13.9. The summed E-state index contributed by atoms with van der Waals surface area (Å²) >= 11 is 0. The number of carbonyl (C=O) groups excluding carboxylic acids is 1. The molecule has 0 atom stereocenters. The number of rotatable bonds is 2. The van der Waals surface area contributed by atoms with Gasteiger partial charge in [-0.3, -0.25) is 0 Å². The number of methoxy groups -OCH3 is 1. The molecule has 6 nitrogen and oxygen atoms in total. The molecule has 3 aromatic rings. The van der Waals surface area contributed by atoms with Crippen LogP contribution in [0.1, 0.15) is 11.1 Å². The first-order valence-electron chi connectivity index (χ1n) is 7.42. The number of hydrogen-bond acceptors (Lipinski definition) is 5. The number of carbonyl (C=O) groups is 1. The predicted octanol–water partition coefficient (Wildman–Crippen LogP) is 2.25. The van der Waals surface area contributed by atoms with Crippen LogP contribution in [0.15, 0.2) is 47.6 Å². The zero-order valence-corrected chi connectivity index (χ0v) is 14.7. The highest BCUT2D eigenvalue weighted by Crippen LogP contribution is 2.25. The summed E-state index contributed by atoms with van der Waals surface area (Å²) in [7, 11) is -2.80. The molecule has 2 aromatic heterocycles. The van der Waals surface area contributed by atoms with Crippen LogP contribution in [0.4, 0.5) is 4.39 Å². The van der Waals surface area contributed by atoms with Crippen LogP contribution >= 0.6 is 0 Å². The summed E-state index contributed by atoms with van der Waals surface area (Å²) in [6, 6.07) is 7.40. The molecule has 0 bridgehead atoms. The quantitative estimate of drug-likeness (QED) is 0.509. The Labute approximate surface area is 149 Å². The van der Waals surface area contributed by atoms with E-state index in [1.807, 2.05) is 6.92 Å². The van der Waals surface area contributed by atoms with Gasteiger partial charge in [-0.2, -0.15) is 0 Å². The lowest BCUT2D eigenvalue weighted by Crippen LogP contribution is -2.12. The predicted molar refractivity (Wildman–Crippen MR) is 92.3 cm³/mol. The van der Waals surface area contributed by atoms with E-state index in [2.05, 4.69) is 21.6 Å². The van der Waals surface area contributed by atoms with Crippen LogP contribution < -0.4 is 0 Å². The van der Waals surface area contributed by atoms with Crippen molar-refractivity contribution in [1.29, 1.82) is 0 Å². The highest BCUT2D eigenvalue weighted by atomic mass is 32.2. The van der Waals surface area contributed by atoms with E-state index in [-0.39, 0.29) is 21.5 Å². The number of pyridine rings is 1. The van der Waals surface area contributed by atoms with Crippen molar-refractivity contribution >= 4 is 27.0 Å². The fraction of sp³-hybridized carbons (Fsp3) is 0.111. The molecule has 0 aliphatic heterocycles. The number of aryl methyl sites for hydroxylation is 1. The second kappa shape index (κ2) is 6.61. The van der Waals surface area contributed by atoms with Crippen LogP contribution in [0.3, 0.4) is 0 Å². The number of benzene rings is 1. The number of nitrogens with zero attached hydrogens (tertiary/aromatic N) is 2. The zero-order chi connectivity index (χ0) is 18.9. The van der Waals surface area contributed by atoms with E-state index in [0.29, 0.717) is 0 Å². The van der Waals surface area contributed by atoms with Gasteiger partial charge in [0.25, 0.3) is 10.0 Å². The van der Waals surface area contributed by atoms with Gasteiger partial charge in [-0.1, -0.05) is 23.6 Å². The van der Waals surface area contributed by atoms with Crippen LogP contribution in [0.25, 0.3) is 11.0 Å². The third-order valence-corrected chi connectivity index (χ3v) is 5.31. The van der Waals surface area contributed by atoms with Gasteiger partial charge in [0, 0.05) is 17.5 Å². The molecule has 3 rings (SSSR count). The van der Waals surface area contributed by atoms with Crippen LogP contribution in [0.2, 0.25) is 0 Å². The van der Waals surface area contributed by atoms with E-state index in [1.165, 1.54) is 25.4 Å². The van der Waals surface area contributed by atoms with Crippen molar-refractivity contribution < 1.29 is 22.3 Å². The molecule has 1 aromatic carbocycles. The number of fused-ring (bicyclic) bond motifs is 1. The molecule has 0 amide bonds. The third kappa shape index (κ3) is 3.17. The molecule has 0 saturated carbocycles. The number of esters is 1.